The van der Waals surface area contributed by atoms with Crippen LogP contribution < -0.4 is 16.0 Å². The molecule has 3 aromatic rings. The fourth-order valence-electron chi connectivity index (χ4n) is 4.55. The first-order valence-electron chi connectivity index (χ1n) is 11.5. The summed E-state index contributed by atoms with van der Waals surface area (Å²) in [5, 5.41) is 0.581. The minimum atomic E-state index is -3.94. The van der Waals surface area contributed by atoms with E-state index in [9.17, 15) is 13.2 Å². The number of nitrogens with two attached hydrogens (primary N) is 1. The van der Waals surface area contributed by atoms with Gasteiger partial charge in [0.2, 0.25) is 10.0 Å². The number of pyridine rings is 1. The largest absolute Gasteiger partial charge is 0.493 e. The van der Waals surface area contributed by atoms with E-state index in [0.717, 1.165) is 26.4 Å². The summed E-state index contributed by atoms with van der Waals surface area (Å²) in [7, 11) is -3.94. The minimum absolute atomic E-state index is 0.133. The zero-order valence-electron chi connectivity index (χ0n) is 19.6. The highest BCUT2D eigenvalue weighted by molar-refractivity contribution is 7.91. The third-order valence-electron chi connectivity index (χ3n) is 7.25. The summed E-state index contributed by atoms with van der Waals surface area (Å²) >= 11 is 0. The van der Waals surface area contributed by atoms with Crippen molar-refractivity contribution in [1.29, 1.82) is 0 Å². The number of nitrogens with one attached hydrogen (secondary N) is 1. The lowest BCUT2D eigenvalue weighted by molar-refractivity contribution is 0.299. The minimum Gasteiger partial charge on any atom is -0.493 e. The van der Waals surface area contributed by atoms with Crippen molar-refractivity contribution in [2.75, 3.05) is 12.3 Å². The molecule has 7 nitrogen and oxygen atoms in total. The molecule has 2 aliphatic rings. The maximum atomic E-state index is 13.9. The van der Waals surface area contributed by atoms with Gasteiger partial charge in [-0.3, -0.25) is 4.79 Å². The number of hydrogen-bond acceptors (Lipinski definition) is 5. The quantitative estimate of drug-likeness (QED) is 0.510. The van der Waals surface area contributed by atoms with Gasteiger partial charge in [0.25, 0.3) is 5.56 Å². The van der Waals surface area contributed by atoms with Crippen LogP contribution >= 0.6 is 0 Å². The molecule has 1 unspecified atom stereocenters. The average molecular weight is 480 g/mol. The summed E-state index contributed by atoms with van der Waals surface area (Å²) in [6, 6.07) is 7.09. The van der Waals surface area contributed by atoms with E-state index in [1.54, 1.807) is 19.1 Å². The SMILES string of the molecule is CC1=CC(c2c(OCC3CC3)ccc(N)c2C)=CCC1(C)S(=O)(=O)n1ccc2cc[nH]c(=O)c21. The summed E-state index contributed by atoms with van der Waals surface area (Å²) in [5.74, 6) is 1.37. The molecule has 0 amide bonds. The van der Waals surface area contributed by atoms with Gasteiger partial charge in [0.15, 0.2) is 0 Å². The number of H-pyrrole nitrogens is 1. The molecule has 0 aliphatic heterocycles. The van der Waals surface area contributed by atoms with E-state index in [0.29, 0.717) is 29.2 Å². The van der Waals surface area contributed by atoms with Crippen LogP contribution in [0.4, 0.5) is 5.69 Å². The molecule has 2 aliphatic carbocycles. The van der Waals surface area contributed by atoms with Gasteiger partial charge < -0.3 is 15.5 Å². The molecule has 8 heteroatoms. The molecule has 34 heavy (non-hydrogen) atoms. The molecule has 2 heterocycles. The zero-order valence-corrected chi connectivity index (χ0v) is 20.4. The van der Waals surface area contributed by atoms with Crippen molar-refractivity contribution in [1.82, 2.24) is 8.96 Å². The van der Waals surface area contributed by atoms with Crippen LogP contribution in [0.15, 0.2) is 59.2 Å². The molecule has 1 atom stereocenters. The monoisotopic (exact) mass is 479 g/mol. The number of aromatic nitrogens is 2. The molecule has 2 aromatic heterocycles. The molecule has 0 radical (unpaired) electrons. The van der Waals surface area contributed by atoms with Crippen LogP contribution in [0, 0.1) is 12.8 Å². The number of fused-ring (bicyclic) bond motifs is 1. The van der Waals surface area contributed by atoms with Gasteiger partial charge in [-0.05, 0) is 86.9 Å². The number of aromatic amines is 1. The van der Waals surface area contributed by atoms with Crippen molar-refractivity contribution >= 4 is 32.2 Å². The Morgan fingerprint density at radius 2 is 1.97 bits per heavy atom. The first kappa shape index (κ1) is 22.5. The molecule has 1 fully saturated rings. The maximum absolute atomic E-state index is 13.9. The van der Waals surface area contributed by atoms with Gasteiger partial charge in [-0.1, -0.05) is 12.2 Å². The Balaban J connectivity index is 1.55. The van der Waals surface area contributed by atoms with Crippen LogP contribution in [0.3, 0.4) is 0 Å². The first-order valence-corrected chi connectivity index (χ1v) is 12.9. The molecule has 5 rings (SSSR count). The van der Waals surface area contributed by atoms with Gasteiger partial charge in [0.1, 0.15) is 16.0 Å². The fourth-order valence-corrected chi connectivity index (χ4v) is 6.40. The molecule has 0 spiro atoms. The molecule has 178 valence electrons. The Morgan fingerprint density at radius 3 is 2.68 bits per heavy atom. The molecule has 0 bridgehead atoms. The van der Waals surface area contributed by atoms with E-state index >= 15 is 0 Å². The number of nitrogens with zero attached hydrogens (tertiary/aromatic N) is 1. The number of benzene rings is 1. The second-order valence-electron chi connectivity index (χ2n) is 9.56. The highest BCUT2D eigenvalue weighted by atomic mass is 32.2. The van der Waals surface area contributed by atoms with Crippen molar-refractivity contribution in [3.63, 3.8) is 0 Å². The van der Waals surface area contributed by atoms with E-state index in [-0.39, 0.29) is 11.9 Å². The summed E-state index contributed by atoms with van der Waals surface area (Å²) in [5.41, 5.74) is 9.99. The Hall–Kier alpha value is -3.26. The predicted octanol–water partition coefficient (Wildman–Crippen LogP) is 4.38. The lowest BCUT2D eigenvalue weighted by atomic mass is 9.85. The second kappa shape index (κ2) is 7.91. The third kappa shape index (κ3) is 3.48. The van der Waals surface area contributed by atoms with Crippen LogP contribution in [-0.2, 0) is 10.0 Å². The lowest BCUT2D eigenvalue weighted by Gasteiger charge is -2.33. The number of nitrogen functional groups attached to an aromatic ring is 1. The number of hydrogen-bond donors (Lipinski definition) is 2. The van der Waals surface area contributed by atoms with E-state index in [4.69, 9.17) is 10.5 Å². The number of rotatable bonds is 6. The van der Waals surface area contributed by atoms with Crippen LogP contribution in [0.2, 0.25) is 0 Å². The summed E-state index contributed by atoms with van der Waals surface area (Å²) < 4.78 is 33.8. The maximum Gasteiger partial charge on any atom is 0.273 e. The van der Waals surface area contributed by atoms with Gasteiger partial charge in [-0.15, -0.1) is 0 Å². The van der Waals surface area contributed by atoms with E-state index in [1.165, 1.54) is 25.2 Å². The fraction of sp³-hybridized carbons (Fsp3) is 0.346. The highest BCUT2D eigenvalue weighted by Crippen LogP contribution is 2.43. The van der Waals surface area contributed by atoms with Crippen LogP contribution in [0.1, 0.15) is 44.2 Å². The normalized spacial score (nSPS) is 20.8. The number of allylic oxidation sites excluding steroid dienone is 3. The molecular weight excluding hydrogens is 450 g/mol. The van der Waals surface area contributed by atoms with Crippen LogP contribution in [0.25, 0.3) is 16.5 Å². The van der Waals surface area contributed by atoms with Crippen molar-refractivity contribution in [3.8, 4) is 5.75 Å². The van der Waals surface area contributed by atoms with E-state index < -0.39 is 20.3 Å². The lowest BCUT2D eigenvalue weighted by Crippen LogP contribution is -2.41. The standard InChI is InChI=1S/C26H29N3O4S/c1-16-14-20(23-17(2)21(27)6-7-22(23)33-15-18-4-5-18)8-11-26(16,3)34(31,32)29-13-10-19-9-12-28-25(30)24(19)29/h6-10,12-14,18H,4-5,11,15,27H2,1-3H3,(H,28,30). The van der Waals surface area contributed by atoms with Crippen LogP contribution in [0.5, 0.6) is 5.75 Å². The van der Waals surface area contributed by atoms with Gasteiger partial charge in [0.05, 0.1) is 6.61 Å². The van der Waals surface area contributed by atoms with Gasteiger partial charge in [-0.2, -0.15) is 0 Å². The highest BCUT2D eigenvalue weighted by Gasteiger charge is 2.44. The topological polar surface area (TPSA) is 107 Å². The zero-order chi connectivity index (χ0) is 24.3. The van der Waals surface area contributed by atoms with Gasteiger partial charge >= 0.3 is 0 Å². The van der Waals surface area contributed by atoms with Crippen LogP contribution in [-0.4, -0.2) is 28.7 Å². The third-order valence-corrected chi connectivity index (χ3v) is 9.70. The second-order valence-corrected chi connectivity index (χ2v) is 11.8. The molecule has 1 aromatic carbocycles. The van der Waals surface area contributed by atoms with E-state index in [2.05, 4.69) is 4.98 Å². The average Bonchev–Trinajstić information content (AvgIpc) is 3.52. The summed E-state index contributed by atoms with van der Waals surface area (Å²) in [4.78, 5) is 15.0. The van der Waals surface area contributed by atoms with Gasteiger partial charge in [0, 0.05) is 29.0 Å². The Labute approximate surface area is 199 Å². The predicted molar refractivity (Wildman–Crippen MR) is 135 cm³/mol. The Morgan fingerprint density at radius 1 is 1.21 bits per heavy atom. The molecule has 3 N–H and O–H groups in total. The Bertz CT molecular complexity index is 1520. The summed E-state index contributed by atoms with van der Waals surface area (Å²) in [6.45, 7) is 6.17. The first-order chi connectivity index (χ1) is 16.1. The smallest absolute Gasteiger partial charge is 0.273 e. The molecule has 0 saturated heterocycles. The van der Waals surface area contributed by atoms with E-state index in [1.807, 2.05) is 38.1 Å². The van der Waals surface area contributed by atoms with Crippen molar-refractivity contribution in [2.45, 2.75) is 44.8 Å². The number of ether oxygens (including phenoxy) is 1. The van der Waals surface area contributed by atoms with Crippen molar-refractivity contribution < 1.29 is 13.2 Å². The Kier molecular flexibility index (Phi) is 5.24. The summed E-state index contributed by atoms with van der Waals surface area (Å²) in [6.07, 6.45) is 9.46. The van der Waals surface area contributed by atoms with Crippen molar-refractivity contribution in [3.05, 3.63) is 75.9 Å². The van der Waals surface area contributed by atoms with Crippen molar-refractivity contribution in [2.24, 2.45) is 5.92 Å². The molecule has 1 saturated carbocycles. The van der Waals surface area contributed by atoms with Gasteiger partial charge in [-0.25, -0.2) is 12.4 Å². The molecular formula is C26H29N3O4S. The number of anilines is 1.